The Morgan fingerprint density at radius 1 is 1.43 bits per heavy atom. The molecular formula is C13H16BrClN2O2S2. The Kier molecular flexibility index (Phi) is 3.71. The molecule has 1 aromatic rings. The monoisotopic (exact) mass is 410 g/mol. The van der Waals surface area contributed by atoms with Crippen LogP contribution in [0.3, 0.4) is 0 Å². The number of halogens is 2. The predicted octanol–water partition coefficient (Wildman–Crippen LogP) is 3.69. The van der Waals surface area contributed by atoms with Crippen LogP contribution in [-0.4, -0.2) is 24.8 Å². The maximum absolute atomic E-state index is 12.9. The Morgan fingerprint density at radius 2 is 2.05 bits per heavy atom. The van der Waals surface area contributed by atoms with Crippen molar-refractivity contribution in [3.63, 3.8) is 0 Å². The zero-order chi connectivity index (χ0) is 15.5. The van der Waals surface area contributed by atoms with Gasteiger partial charge in [-0.05, 0) is 41.8 Å². The largest absolute Gasteiger partial charge is 0.362 e. The van der Waals surface area contributed by atoms with Crippen LogP contribution in [0, 0.1) is 5.41 Å². The molecule has 0 amide bonds. The van der Waals surface area contributed by atoms with Crippen molar-refractivity contribution in [3.8, 4) is 0 Å². The van der Waals surface area contributed by atoms with Crippen LogP contribution in [0.4, 0.5) is 0 Å². The minimum atomic E-state index is -3.39. The Morgan fingerprint density at radius 3 is 2.52 bits per heavy atom. The summed E-state index contributed by atoms with van der Waals surface area (Å²) in [6.07, 6.45) is 2.84. The van der Waals surface area contributed by atoms with Gasteiger partial charge in [0.2, 0.25) is 0 Å². The molecule has 1 atom stereocenters. The van der Waals surface area contributed by atoms with E-state index in [1.165, 1.54) is 11.3 Å². The second-order valence-electron chi connectivity index (χ2n) is 6.02. The molecule has 2 aliphatic rings. The smallest absolute Gasteiger partial charge is 0.165 e. The van der Waals surface area contributed by atoms with Crippen LogP contribution < -0.4 is 5.32 Å². The fourth-order valence-electron chi connectivity index (χ4n) is 3.45. The normalized spacial score (nSPS) is 30.5. The molecule has 0 unspecified atom stereocenters. The molecule has 0 radical (unpaired) electrons. The van der Waals surface area contributed by atoms with Gasteiger partial charge in [0.05, 0.1) is 25.0 Å². The van der Waals surface area contributed by atoms with E-state index in [1.807, 2.05) is 6.92 Å². The van der Waals surface area contributed by atoms with Gasteiger partial charge in [0.15, 0.2) is 9.84 Å². The molecule has 4 nitrogen and oxygen atoms in total. The van der Waals surface area contributed by atoms with Gasteiger partial charge in [-0.15, -0.1) is 11.3 Å². The minimum Gasteiger partial charge on any atom is -0.362 e. The van der Waals surface area contributed by atoms with Crippen molar-refractivity contribution in [1.29, 1.82) is 5.41 Å². The molecule has 1 aliphatic carbocycles. The second kappa shape index (κ2) is 4.94. The van der Waals surface area contributed by atoms with Gasteiger partial charge in [-0.2, -0.15) is 0 Å². The van der Waals surface area contributed by atoms with Crippen molar-refractivity contribution in [2.24, 2.45) is 0 Å². The summed E-state index contributed by atoms with van der Waals surface area (Å²) in [5, 5.41) is 12.0. The van der Waals surface area contributed by atoms with Gasteiger partial charge in [0.1, 0.15) is 10.6 Å². The SMILES string of the molecule is C[C@@]1(c2sc(Br)cc2Cl)CS(=O)(=O)C2(CCCC2)C(=N)N1. The summed E-state index contributed by atoms with van der Waals surface area (Å²) >= 11 is 11.0. The maximum atomic E-state index is 12.9. The molecule has 2 fully saturated rings. The molecule has 21 heavy (non-hydrogen) atoms. The van der Waals surface area contributed by atoms with Crippen LogP contribution in [0.15, 0.2) is 9.85 Å². The van der Waals surface area contributed by atoms with Gasteiger partial charge in [-0.25, -0.2) is 8.42 Å². The standard InChI is InChI=1S/C13H16BrClN2O2S2/c1-12(10-8(15)6-9(14)20-10)7-21(18,19)13(11(16)17-12)4-2-3-5-13/h6H,2-5,7H2,1H3,(H2,16,17)/t12-/m0/s1. The number of rotatable bonds is 1. The Bertz CT molecular complexity index is 710. The number of nitrogens with one attached hydrogen (secondary N) is 2. The van der Waals surface area contributed by atoms with E-state index in [0.29, 0.717) is 17.9 Å². The van der Waals surface area contributed by atoms with Gasteiger partial charge >= 0.3 is 0 Å². The third-order valence-electron chi connectivity index (χ3n) is 4.50. The zero-order valence-electron chi connectivity index (χ0n) is 11.5. The summed E-state index contributed by atoms with van der Waals surface area (Å²) in [6.45, 7) is 1.81. The molecule has 8 heteroatoms. The van der Waals surface area contributed by atoms with Crippen molar-refractivity contribution in [1.82, 2.24) is 5.32 Å². The van der Waals surface area contributed by atoms with Crippen LogP contribution in [0.25, 0.3) is 0 Å². The number of amidine groups is 1. The van der Waals surface area contributed by atoms with Gasteiger partial charge in [0, 0.05) is 0 Å². The third-order valence-corrected chi connectivity index (χ3v) is 9.57. The summed E-state index contributed by atoms with van der Waals surface area (Å²) in [5.41, 5.74) is -0.836. The number of sulfone groups is 1. The van der Waals surface area contributed by atoms with E-state index < -0.39 is 20.1 Å². The van der Waals surface area contributed by atoms with Crippen LogP contribution >= 0.6 is 38.9 Å². The lowest BCUT2D eigenvalue weighted by atomic mass is 9.97. The Labute approximate surface area is 141 Å². The topological polar surface area (TPSA) is 70.0 Å². The van der Waals surface area contributed by atoms with E-state index >= 15 is 0 Å². The molecule has 2 heterocycles. The first kappa shape index (κ1) is 15.8. The number of thiophene rings is 1. The van der Waals surface area contributed by atoms with Crippen molar-refractivity contribution >= 4 is 54.5 Å². The molecule has 0 aromatic carbocycles. The van der Waals surface area contributed by atoms with Gasteiger partial charge in [0.25, 0.3) is 0 Å². The molecule has 2 N–H and O–H groups in total. The average Bonchev–Trinajstić information content (AvgIpc) is 2.94. The summed E-state index contributed by atoms with van der Waals surface area (Å²) in [7, 11) is -3.39. The number of hydrogen-bond acceptors (Lipinski definition) is 4. The lowest BCUT2D eigenvalue weighted by Gasteiger charge is -2.44. The summed E-state index contributed by atoms with van der Waals surface area (Å²) in [5.74, 6) is 0.115. The van der Waals surface area contributed by atoms with Crippen LogP contribution in [0.2, 0.25) is 5.02 Å². The fourth-order valence-corrected chi connectivity index (χ4v) is 8.28. The van der Waals surface area contributed by atoms with Crippen molar-refractivity contribution < 1.29 is 8.42 Å². The predicted molar refractivity (Wildman–Crippen MR) is 90.2 cm³/mol. The van der Waals surface area contributed by atoms with E-state index in [0.717, 1.165) is 21.5 Å². The second-order valence-corrected chi connectivity index (χ2v) is 11.2. The Hall–Kier alpha value is -0.110. The van der Waals surface area contributed by atoms with E-state index in [9.17, 15) is 8.42 Å². The molecule has 1 aliphatic heterocycles. The number of hydrogen-bond donors (Lipinski definition) is 2. The average molecular weight is 412 g/mol. The van der Waals surface area contributed by atoms with Gasteiger partial charge in [-0.1, -0.05) is 24.4 Å². The van der Waals surface area contributed by atoms with Gasteiger partial charge in [-0.3, -0.25) is 5.41 Å². The molecule has 1 saturated heterocycles. The van der Waals surface area contributed by atoms with Crippen LogP contribution in [-0.2, 0) is 15.4 Å². The molecule has 0 bridgehead atoms. The molecule has 1 aromatic heterocycles. The summed E-state index contributed by atoms with van der Waals surface area (Å²) < 4.78 is 25.6. The fraction of sp³-hybridized carbons (Fsp3) is 0.615. The molecular weight excluding hydrogens is 396 g/mol. The highest BCUT2D eigenvalue weighted by Gasteiger charge is 2.57. The minimum absolute atomic E-state index is 0.0188. The van der Waals surface area contributed by atoms with E-state index in [2.05, 4.69) is 21.2 Å². The summed E-state index contributed by atoms with van der Waals surface area (Å²) in [6, 6.07) is 1.77. The lowest BCUT2D eigenvalue weighted by Crippen LogP contribution is -2.65. The first-order valence-corrected chi connectivity index (χ1v) is 10.4. The third kappa shape index (κ3) is 2.28. The van der Waals surface area contributed by atoms with Crippen LogP contribution in [0.1, 0.15) is 37.5 Å². The quantitative estimate of drug-likeness (QED) is 0.740. The molecule has 1 spiro atoms. The molecule has 116 valence electrons. The molecule has 3 rings (SSSR count). The highest BCUT2D eigenvalue weighted by atomic mass is 79.9. The maximum Gasteiger partial charge on any atom is 0.165 e. The van der Waals surface area contributed by atoms with Crippen molar-refractivity contribution in [3.05, 3.63) is 19.8 Å². The highest BCUT2D eigenvalue weighted by Crippen LogP contribution is 2.46. The van der Waals surface area contributed by atoms with Crippen LogP contribution in [0.5, 0.6) is 0 Å². The van der Waals surface area contributed by atoms with Crippen molar-refractivity contribution in [2.75, 3.05) is 5.75 Å². The van der Waals surface area contributed by atoms with E-state index in [1.54, 1.807) is 6.07 Å². The summed E-state index contributed by atoms with van der Waals surface area (Å²) in [4.78, 5) is 0.761. The Balaban J connectivity index is 2.06. The van der Waals surface area contributed by atoms with E-state index in [-0.39, 0.29) is 11.6 Å². The van der Waals surface area contributed by atoms with Crippen molar-refractivity contribution in [2.45, 2.75) is 42.9 Å². The highest BCUT2D eigenvalue weighted by molar-refractivity contribution is 9.11. The van der Waals surface area contributed by atoms with E-state index in [4.69, 9.17) is 17.0 Å². The first-order valence-electron chi connectivity index (χ1n) is 6.75. The van der Waals surface area contributed by atoms with Gasteiger partial charge < -0.3 is 5.32 Å². The zero-order valence-corrected chi connectivity index (χ0v) is 15.5. The first-order chi connectivity index (χ1) is 9.70. The molecule has 1 saturated carbocycles. The lowest BCUT2D eigenvalue weighted by molar-refractivity contribution is 0.439.